The van der Waals surface area contributed by atoms with E-state index in [-0.39, 0.29) is 0 Å². The van der Waals surface area contributed by atoms with Gasteiger partial charge in [-0.25, -0.2) is 0 Å². The van der Waals surface area contributed by atoms with E-state index in [1.165, 1.54) is 24.6 Å². The molecule has 0 radical (unpaired) electrons. The molecular formula is C6H15N3S. The van der Waals surface area contributed by atoms with Gasteiger partial charge in [0.2, 0.25) is 0 Å². The Kier molecular flexibility index (Phi) is 4.13. The molecule has 0 bridgehead atoms. The topological polar surface area (TPSA) is 41.3 Å². The number of nitrogens with one attached hydrogen (secondary N) is 1. The molecule has 4 heteroatoms. The minimum Gasteiger partial charge on any atom is -0.300 e. The molecule has 1 heterocycles. The summed E-state index contributed by atoms with van der Waals surface area (Å²) in [6.07, 6.45) is 0. The molecule has 0 aromatic rings. The molecule has 0 amide bonds. The molecule has 3 N–H and O–H groups in total. The summed E-state index contributed by atoms with van der Waals surface area (Å²) in [4.78, 5) is 2.44. The van der Waals surface area contributed by atoms with Crippen LogP contribution in [-0.2, 0) is 0 Å². The summed E-state index contributed by atoms with van der Waals surface area (Å²) in [5.41, 5.74) is 2.67. The highest BCUT2D eigenvalue weighted by atomic mass is 32.2. The molecule has 0 aromatic carbocycles. The van der Waals surface area contributed by atoms with Crippen molar-refractivity contribution in [1.29, 1.82) is 0 Å². The fourth-order valence-corrected chi connectivity index (χ4v) is 2.03. The third-order valence-electron chi connectivity index (χ3n) is 1.68. The second kappa shape index (κ2) is 4.96. The molecule has 1 fully saturated rings. The zero-order valence-electron chi connectivity index (χ0n) is 6.18. The zero-order chi connectivity index (χ0) is 7.23. The molecule has 10 heavy (non-hydrogen) atoms. The summed E-state index contributed by atoms with van der Waals surface area (Å²) < 4.78 is 0. The fourth-order valence-electron chi connectivity index (χ4n) is 1.05. The van der Waals surface area contributed by atoms with E-state index in [2.05, 4.69) is 10.3 Å². The molecule has 0 saturated carbocycles. The summed E-state index contributed by atoms with van der Waals surface area (Å²) in [5.74, 6) is 7.73. The average molecular weight is 161 g/mol. The maximum absolute atomic E-state index is 5.16. The minimum absolute atomic E-state index is 0.907. The van der Waals surface area contributed by atoms with Gasteiger partial charge in [0.25, 0.3) is 0 Å². The molecule has 0 spiro atoms. The van der Waals surface area contributed by atoms with Crippen molar-refractivity contribution < 1.29 is 0 Å². The molecule has 0 aromatic heterocycles. The lowest BCUT2D eigenvalue weighted by atomic mass is 10.4. The van der Waals surface area contributed by atoms with Crippen LogP contribution in [-0.4, -0.2) is 42.6 Å². The number of thioether (sulfide) groups is 1. The van der Waals surface area contributed by atoms with Gasteiger partial charge >= 0.3 is 0 Å². The van der Waals surface area contributed by atoms with Gasteiger partial charge in [-0.3, -0.25) is 11.3 Å². The van der Waals surface area contributed by atoms with E-state index in [1.54, 1.807) is 0 Å². The van der Waals surface area contributed by atoms with Gasteiger partial charge in [-0.05, 0) is 0 Å². The summed E-state index contributed by atoms with van der Waals surface area (Å²) in [6, 6.07) is 0. The SMILES string of the molecule is NNCCN1CCSCC1. The van der Waals surface area contributed by atoms with Crippen LogP contribution >= 0.6 is 11.8 Å². The normalized spacial score (nSPS) is 21.3. The number of hydrogen-bond acceptors (Lipinski definition) is 4. The van der Waals surface area contributed by atoms with E-state index >= 15 is 0 Å². The molecule has 60 valence electrons. The van der Waals surface area contributed by atoms with Crippen molar-refractivity contribution >= 4 is 11.8 Å². The first kappa shape index (κ1) is 8.33. The number of nitrogens with zero attached hydrogens (tertiary/aromatic N) is 1. The first-order valence-corrected chi connectivity index (χ1v) is 4.82. The standard InChI is InChI=1S/C6H15N3S/c7-8-1-2-9-3-5-10-6-4-9/h8H,1-7H2. The third-order valence-corrected chi connectivity index (χ3v) is 2.62. The van der Waals surface area contributed by atoms with Crippen LogP contribution in [0.5, 0.6) is 0 Å². The first-order valence-electron chi connectivity index (χ1n) is 3.67. The highest BCUT2D eigenvalue weighted by Crippen LogP contribution is 2.07. The zero-order valence-corrected chi connectivity index (χ0v) is 6.99. The van der Waals surface area contributed by atoms with Gasteiger partial charge in [-0.1, -0.05) is 0 Å². The minimum atomic E-state index is 0.907. The first-order chi connectivity index (χ1) is 4.93. The van der Waals surface area contributed by atoms with Crippen LogP contribution in [0, 0.1) is 0 Å². The van der Waals surface area contributed by atoms with E-state index in [1.807, 2.05) is 11.8 Å². The Bertz CT molecular complexity index is 83.1. The van der Waals surface area contributed by atoms with Crippen LogP contribution in [0.1, 0.15) is 0 Å². The van der Waals surface area contributed by atoms with Crippen LogP contribution in [0.25, 0.3) is 0 Å². The van der Waals surface area contributed by atoms with Gasteiger partial charge in [0.1, 0.15) is 0 Å². The Morgan fingerprint density at radius 3 is 2.70 bits per heavy atom. The highest BCUT2D eigenvalue weighted by molar-refractivity contribution is 7.99. The molecule has 1 rings (SSSR count). The Labute approximate surface area is 66.3 Å². The third kappa shape index (κ3) is 2.88. The van der Waals surface area contributed by atoms with Crippen molar-refractivity contribution in [2.75, 3.05) is 37.7 Å². The van der Waals surface area contributed by atoms with E-state index in [4.69, 9.17) is 5.84 Å². The second-order valence-electron chi connectivity index (χ2n) is 2.41. The van der Waals surface area contributed by atoms with E-state index in [0.29, 0.717) is 0 Å². The van der Waals surface area contributed by atoms with E-state index in [9.17, 15) is 0 Å². The smallest absolute Gasteiger partial charge is 0.0225 e. The molecule has 0 atom stereocenters. The second-order valence-corrected chi connectivity index (χ2v) is 3.63. The van der Waals surface area contributed by atoms with Gasteiger partial charge in [-0.2, -0.15) is 11.8 Å². The van der Waals surface area contributed by atoms with Gasteiger partial charge in [0.05, 0.1) is 0 Å². The van der Waals surface area contributed by atoms with E-state index < -0.39 is 0 Å². The molecule has 0 aliphatic carbocycles. The lowest BCUT2D eigenvalue weighted by molar-refractivity contribution is 0.302. The van der Waals surface area contributed by atoms with Crippen LogP contribution in [0.4, 0.5) is 0 Å². The van der Waals surface area contributed by atoms with Gasteiger partial charge < -0.3 is 4.90 Å². The van der Waals surface area contributed by atoms with Crippen molar-refractivity contribution in [3.63, 3.8) is 0 Å². The van der Waals surface area contributed by atoms with Crippen LogP contribution in [0.3, 0.4) is 0 Å². The Balaban J connectivity index is 2.02. The van der Waals surface area contributed by atoms with Crippen LogP contribution in [0.15, 0.2) is 0 Å². The lowest BCUT2D eigenvalue weighted by Crippen LogP contribution is -2.39. The maximum Gasteiger partial charge on any atom is 0.0225 e. The Morgan fingerprint density at radius 1 is 1.40 bits per heavy atom. The van der Waals surface area contributed by atoms with Crippen molar-refractivity contribution in [3.05, 3.63) is 0 Å². The number of hydrogen-bond donors (Lipinski definition) is 2. The average Bonchev–Trinajstić information content (AvgIpc) is 2.03. The molecule has 1 saturated heterocycles. The van der Waals surface area contributed by atoms with Crippen LogP contribution < -0.4 is 11.3 Å². The van der Waals surface area contributed by atoms with Gasteiger partial charge in [0.15, 0.2) is 0 Å². The highest BCUT2D eigenvalue weighted by Gasteiger charge is 2.08. The molecular weight excluding hydrogens is 146 g/mol. The van der Waals surface area contributed by atoms with Crippen molar-refractivity contribution in [2.45, 2.75) is 0 Å². The van der Waals surface area contributed by atoms with Gasteiger partial charge in [0, 0.05) is 37.7 Å². The van der Waals surface area contributed by atoms with Crippen molar-refractivity contribution in [2.24, 2.45) is 5.84 Å². The largest absolute Gasteiger partial charge is 0.300 e. The van der Waals surface area contributed by atoms with Gasteiger partial charge in [-0.15, -0.1) is 0 Å². The summed E-state index contributed by atoms with van der Waals surface area (Å²) in [6.45, 7) is 4.46. The fraction of sp³-hybridized carbons (Fsp3) is 1.00. The molecule has 0 unspecified atom stereocenters. The summed E-state index contributed by atoms with van der Waals surface area (Å²) in [7, 11) is 0. The molecule has 1 aliphatic heterocycles. The maximum atomic E-state index is 5.16. The number of nitrogens with two attached hydrogens (primary N) is 1. The van der Waals surface area contributed by atoms with E-state index in [0.717, 1.165) is 13.1 Å². The summed E-state index contributed by atoms with van der Waals surface area (Å²) in [5, 5.41) is 0. The van der Waals surface area contributed by atoms with Crippen molar-refractivity contribution in [1.82, 2.24) is 10.3 Å². The van der Waals surface area contributed by atoms with Crippen LogP contribution in [0.2, 0.25) is 0 Å². The quantitative estimate of drug-likeness (QED) is 0.432. The molecule has 1 aliphatic rings. The Hall–Kier alpha value is 0.230. The van der Waals surface area contributed by atoms with Crippen molar-refractivity contribution in [3.8, 4) is 0 Å². The number of rotatable bonds is 3. The monoisotopic (exact) mass is 161 g/mol. The number of hydrazine groups is 1. The summed E-state index contributed by atoms with van der Waals surface area (Å²) >= 11 is 2.04. The Morgan fingerprint density at radius 2 is 2.10 bits per heavy atom. The lowest BCUT2D eigenvalue weighted by Gasteiger charge is -2.25. The predicted molar refractivity (Wildman–Crippen MR) is 46.0 cm³/mol. The predicted octanol–water partition coefficient (Wildman–Crippen LogP) is -0.502. The molecule has 3 nitrogen and oxygen atoms in total.